The van der Waals surface area contributed by atoms with Crippen molar-refractivity contribution in [2.45, 2.75) is 50.4 Å². The summed E-state index contributed by atoms with van der Waals surface area (Å²) in [5, 5.41) is 3.94. The van der Waals surface area contributed by atoms with Crippen molar-refractivity contribution in [2.75, 3.05) is 12.4 Å². The molecular weight excluding hydrogens is 458 g/mol. The second-order valence-corrected chi connectivity index (χ2v) is 11.0. The number of aromatic amines is 1. The molecule has 0 amide bonds. The third-order valence-electron chi connectivity index (χ3n) is 6.62. The molecule has 2 heterocycles. The number of H-pyrrole nitrogens is 1. The number of carbonyl (C=O) groups is 1. The Kier molecular flexibility index (Phi) is 6.05. The first-order valence-corrected chi connectivity index (χ1v) is 12.7. The smallest absolute Gasteiger partial charge is 0.257 e. The number of hydrogen-bond donors (Lipinski definition) is 2. The van der Waals surface area contributed by atoms with Crippen LogP contribution < -0.4 is 15.6 Å². The van der Waals surface area contributed by atoms with Crippen LogP contribution in [0.1, 0.15) is 54.9 Å². The van der Waals surface area contributed by atoms with E-state index < -0.39 is 5.92 Å². The summed E-state index contributed by atoms with van der Waals surface area (Å²) in [6, 6.07) is 15.9. The molecule has 180 valence electrons. The highest BCUT2D eigenvalue weighted by molar-refractivity contribution is 7.98. The van der Waals surface area contributed by atoms with Crippen molar-refractivity contribution in [3.63, 3.8) is 0 Å². The molecule has 1 atom stereocenters. The van der Waals surface area contributed by atoms with Gasteiger partial charge >= 0.3 is 0 Å². The maximum Gasteiger partial charge on any atom is 0.257 e. The van der Waals surface area contributed by atoms with Gasteiger partial charge in [-0.3, -0.25) is 9.59 Å². The minimum atomic E-state index is -0.493. The molecule has 35 heavy (non-hydrogen) atoms. The van der Waals surface area contributed by atoms with Crippen LogP contribution in [0.4, 0.5) is 5.82 Å². The SMILES string of the molecule is COc1cccc([C@@H]2C3=C(CC(C)(C)CC3=O)Nc3nc(SCc4ccc(C)cc4)[nH]c(=O)c32)c1. The van der Waals surface area contributed by atoms with Gasteiger partial charge in [0.1, 0.15) is 11.6 Å². The van der Waals surface area contributed by atoms with Crippen molar-refractivity contribution in [3.8, 4) is 5.75 Å². The van der Waals surface area contributed by atoms with Crippen molar-refractivity contribution in [1.82, 2.24) is 9.97 Å². The van der Waals surface area contributed by atoms with Crippen LogP contribution in [0, 0.1) is 12.3 Å². The first-order valence-electron chi connectivity index (χ1n) is 11.7. The molecule has 0 unspecified atom stereocenters. The van der Waals surface area contributed by atoms with Gasteiger partial charge in [-0.15, -0.1) is 0 Å². The molecule has 0 fully saturated rings. The Morgan fingerprint density at radius 3 is 2.63 bits per heavy atom. The summed E-state index contributed by atoms with van der Waals surface area (Å²) in [6.45, 7) is 6.26. The van der Waals surface area contributed by atoms with Crippen LogP contribution >= 0.6 is 11.8 Å². The molecule has 0 spiro atoms. The zero-order valence-electron chi connectivity index (χ0n) is 20.4. The Labute approximate surface area is 209 Å². The first-order chi connectivity index (χ1) is 16.7. The molecule has 0 bridgehead atoms. The number of aromatic nitrogens is 2. The summed E-state index contributed by atoms with van der Waals surface area (Å²) in [7, 11) is 1.61. The molecule has 0 saturated carbocycles. The molecule has 2 N–H and O–H groups in total. The van der Waals surface area contributed by atoms with Gasteiger partial charge in [0, 0.05) is 29.4 Å². The van der Waals surface area contributed by atoms with E-state index in [9.17, 15) is 9.59 Å². The van der Waals surface area contributed by atoms with Crippen molar-refractivity contribution < 1.29 is 9.53 Å². The zero-order chi connectivity index (χ0) is 24.7. The monoisotopic (exact) mass is 487 g/mol. The van der Waals surface area contributed by atoms with Gasteiger partial charge in [0.2, 0.25) is 0 Å². The number of nitrogens with one attached hydrogen (secondary N) is 2. The number of ether oxygens (including phenoxy) is 1. The second kappa shape index (κ2) is 9.04. The van der Waals surface area contributed by atoms with E-state index in [2.05, 4.69) is 55.3 Å². The summed E-state index contributed by atoms with van der Waals surface area (Å²) < 4.78 is 5.44. The quantitative estimate of drug-likeness (QED) is 0.361. The standard InChI is InChI=1S/C28H29N3O3S/c1-16-8-10-17(11-9-16)15-35-27-30-25-24(26(33)31-27)22(18-6-5-7-19(12-18)34-4)23-20(29-25)13-28(2,3)14-21(23)32/h5-12,22H,13-15H2,1-4H3,(H2,29,30,31,33)/t22-/m1/s1. The van der Waals surface area contributed by atoms with Crippen LogP contribution in [0.15, 0.2) is 69.8 Å². The summed E-state index contributed by atoms with van der Waals surface area (Å²) in [5.41, 5.74) is 4.82. The highest BCUT2D eigenvalue weighted by atomic mass is 32.2. The molecule has 2 aromatic carbocycles. The fraction of sp³-hybridized carbons (Fsp3) is 0.321. The van der Waals surface area contributed by atoms with E-state index in [4.69, 9.17) is 9.72 Å². The summed E-state index contributed by atoms with van der Waals surface area (Å²) in [4.78, 5) is 34.6. The largest absolute Gasteiger partial charge is 0.497 e. The third-order valence-corrected chi connectivity index (χ3v) is 7.57. The molecule has 0 radical (unpaired) electrons. The number of fused-ring (bicyclic) bond motifs is 1. The molecular formula is C28H29N3O3S. The number of nitrogens with zero attached hydrogens (tertiary/aromatic N) is 1. The number of Topliss-reactive ketones (excluding diaryl/α,β-unsaturated/α-hetero) is 1. The van der Waals surface area contributed by atoms with Gasteiger partial charge in [-0.2, -0.15) is 0 Å². The molecule has 2 aliphatic rings. The van der Waals surface area contributed by atoms with E-state index in [1.54, 1.807) is 7.11 Å². The maximum absolute atomic E-state index is 13.5. The average Bonchev–Trinajstić information content (AvgIpc) is 2.81. The van der Waals surface area contributed by atoms with E-state index >= 15 is 0 Å². The lowest BCUT2D eigenvalue weighted by molar-refractivity contribution is -0.118. The number of rotatable bonds is 5. The third kappa shape index (κ3) is 4.65. The van der Waals surface area contributed by atoms with E-state index in [1.807, 2.05) is 24.3 Å². The predicted octanol–water partition coefficient (Wildman–Crippen LogP) is 5.58. The van der Waals surface area contributed by atoms with E-state index in [0.29, 0.717) is 46.5 Å². The molecule has 1 aliphatic heterocycles. The Balaban J connectivity index is 1.58. The van der Waals surface area contributed by atoms with Gasteiger partial charge in [0.15, 0.2) is 10.9 Å². The average molecular weight is 488 g/mol. The number of anilines is 1. The number of ketones is 1. The predicted molar refractivity (Wildman–Crippen MR) is 139 cm³/mol. The maximum atomic E-state index is 13.5. The van der Waals surface area contributed by atoms with Gasteiger partial charge in [-0.1, -0.05) is 67.6 Å². The van der Waals surface area contributed by atoms with Gasteiger partial charge in [-0.05, 0) is 42.0 Å². The molecule has 1 aromatic heterocycles. The lowest BCUT2D eigenvalue weighted by atomic mass is 9.69. The van der Waals surface area contributed by atoms with Crippen LogP contribution in [-0.2, 0) is 10.5 Å². The van der Waals surface area contributed by atoms with Gasteiger partial charge in [0.25, 0.3) is 5.56 Å². The van der Waals surface area contributed by atoms with Crippen LogP contribution in [0.25, 0.3) is 0 Å². The molecule has 5 rings (SSSR count). The number of aryl methyl sites for hydroxylation is 1. The lowest BCUT2D eigenvalue weighted by Crippen LogP contribution is -2.37. The Bertz CT molecular complexity index is 1390. The number of carbonyl (C=O) groups excluding carboxylic acids is 1. The zero-order valence-corrected chi connectivity index (χ0v) is 21.2. The first kappa shape index (κ1) is 23.4. The summed E-state index contributed by atoms with van der Waals surface area (Å²) in [6.07, 6.45) is 1.16. The van der Waals surface area contributed by atoms with Crippen LogP contribution in [-0.4, -0.2) is 22.9 Å². The van der Waals surface area contributed by atoms with Crippen molar-refractivity contribution in [1.29, 1.82) is 0 Å². The van der Waals surface area contributed by atoms with E-state index in [1.165, 1.54) is 17.3 Å². The van der Waals surface area contributed by atoms with Crippen molar-refractivity contribution in [2.24, 2.45) is 5.41 Å². The van der Waals surface area contributed by atoms with Crippen molar-refractivity contribution >= 4 is 23.4 Å². The van der Waals surface area contributed by atoms with E-state index in [0.717, 1.165) is 16.8 Å². The Morgan fingerprint density at radius 1 is 1.11 bits per heavy atom. The van der Waals surface area contributed by atoms with Gasteiger partial charge < -0.3 is 15.0 Å². The second-order valence-electron chi connectivity index (χ2n) is 10.1. The topological polar surface area (TPSA) is 84.1 Å². The number of methoxy groups -OCH3 is 1. The van der Waals surface area contributed by atoms with Crippen LogP contribution in [0.3, 0.4) is 0 Å². The van der Waals surface area contributed by atoms with Crippen LogP contribution in [0.5, 0.6) is 5.75 Å². The fourth-order valence-electron chi connectivity index (χ4n) is 4.95. The van der Waals surface area contributed by atoms with Gasteiger partial charge in [-0.25, -0.2) is 4.98 Å². The molecule has 0 saturated heterocycles. The number of hydrogen-bond acceptors (Lipinski definition) is 6. The molecule has 6 nitrogen and oxygen atoms in total. The number of allylic oxidation sites excluding steroid dienone is 2. The Morgan fingerprint density at radius 2 is 1.89 bits per heavy atom. The minimum Gasteiger partial charge on any atom is -0.497 e. The highest BCUT2D eigenvalue weighted by Gasteiger charge is 2.42. The molecule has 7 heteroatoms. The highest BCUT2D eigenvalue weighted by Crippen LogP contribution is 2.48. The Hall–Kier alpha value is -3.32. The number of benzene rings is 2. The molecule has 3 aromatic rings. The lowest BCUT2D eigenvalue weighted by Gasteiger charge is -2.38. The van der Waals surface area contributed by atoms with Crippen molar-refractivity contribution in [3.05, 3.63) is 92.4 Å². The molecule has 1 aliphatic carbocycles. The van der Waals surface area contributed by atoms with Crippen LogP contribution in [0.2, 0.25) is 0 Å². The summed E-state index contributed by atoms with van der Waals surface area (Å²) in [5.74, 6) is 1.48. The summed E-state index contributed by atoms with van der Waals surface area (Å²) >= 11 is 1.49. The number of thioether (sulfide) groups is 1. The fourth-order valence-corrected chi connectivity index (χ4v) is 5.77. The minimum absolute atomic E-state index is 0.0689. The van der Waals surface area contributed by atoms with Gasteiger partial charge in [0.05, 0.1) is 12.7 Å². The van der Waals surface area contributed by atoms with E-state index in [-0.39, 0.29) is 16.8 Å². The normalized spacial score (nSPS) is 18.5.